The van der Waals surface area contributed by atoms with Crippen LogP contribution in [0.2, 0.25) is 0 Å². The van der Waals surface area contributed by atoms with Crippen molar-refractivity contribution in [3.05, 3.63) is 0 Å². The van der Waals surface area contributed by atoms with Crippen LogP contribution < -0.4 is 0 Å². The van der Waals surface area contributed by atoms with Gasteiger partial charge in [0.15, 0.2) is 8.03 Å². The molecule has 1 atom stereocenters. The van der Waals surface area contributed by atoms with Crippen LogP contribution in [-0.4, -0.2) is 35.8 Å². The van der Waals surface area contributed by atoms with E-state index in [1.54, 1.807) is 0 Å². The van der Waals surface area contributed by atoms with Crippen LogP contribution in [0.15, 0.2) is 0 Å². The van der Waals surface area contributed by atoms with E-state index in [0.29, 0.717) is 12.8 Å². The molecule has 0 aromatic heterocycles. The maximum Gasteiger partial charge on any atom is 0.316 e. The fourth-order valence-electron chi connectivity index (χ4n) is 0.263. The van der Waals surface area contributed by atoms with E-state index in [0.717, 1.165) is 0 Å². The molecule has 0 spiro atoms. The minimum Gasteiger partial charge on any atom is -0.331 e. The molecule has 0 N–H and O–H groups in total. The maximum absolute atomic E-state index is 10.4. The summed E-state index contributed by atoms with van der Waals surface area (Å²) in [6, 6.07) is 0. The Balaban J connectivity index is 0. The van der Waals surface area contributed by atoms with Crippen molar-refractivity contribution in [3.63, 3.8) is 0 Å². The summed E-state index contributed by atoms with van der Waals surface area (Å²) in [5.41, 5.74) is 0. The van der Waals surface area contributed by atoms with E-state index in [4.69, 9.17) is 4.52 Å². The molecule has 0 saturated heterocycles. The summed E-state index contributed by atoms with van der Waals surface area (Å²) in [5.74, 6) is 0. The van der Waals surface area contributed by atoms with Gasteiger partial charge in [0.1, 0.15) is 0 Å². The molecule has 1 unspecified atom stereocenters. The summed E-state index contributed by atoms with van der Waals surface area (Å²) in [7, 11) is -1.63. The molecule has 0 aromatic rings. The molecule has 4 heteroatoms. The molecule has 0 heterocycles. The van der Waals surface area contributed by atoms with Crippen LogP contribution in [0.5, 0.6) is 0 Å². The summed E-state index contributed by atoms with van der Waals surface area (Å²) in [6.45, 7) is 4.28. The highest BCUT2D eigenvalue weighted by molar-refractivity contribution is 7.39. The molecule has 0 bridgehead atoms. The van der Waals surface area contributed by atoms with Gasteiger partial charge in [-0.15, -0.1) is 0 Å². The summed E-state index contributed by atoms with van der Waals surface area (Å²) in [6.07, 6.45) is 0.665. The Morgan fingerprint density at radius 1 is 1.50 bits per heavy atom. The van der Waals surface area contributed by atoms with Gasteiger partial charge in [0.05, 0.1) is 6.61 Å². The van der Waals surface area contributed by atoms with Gasteiger partial charge in [0.2, 0.25) is 0 Å². The van der Waals surface area contributed by atoms with E-state index in [-0.39, 0.29) is 23.1 Å². The lowest BCUT2D eigenvalue weighted by Crippen LogP contribution is -1.76. The first-order valence-corrected chi connectivity index (χ1v) is 3.99. The number of hydrogen-bond donors (Lipinski definition) is 0. The smallest absolute Gasteiger partial charge is 0.316 e. The van der Waals surface area contributed by atoms with Crippen LogP contribution in [0.25, 0.3) is 0 Å². The van der Waals surface area contributed by atoms with Gasteiger partial charge in [-0.1, -0.05) is 6.92 Å². The van der Waals surface area contributed by atoms with Crippen LogP contribution in [0.1, 0.15) is 13.8 Å². The number of hydrogen-bond acceptors (Lipinski definition) is 2. The van der Waals surface area contributed by atoms with Crippen LogP contribution in [0.3, 0.4) is 0 Å². The Morgan fingerprint density at radius 3 is 2.12 bits per heavy atom. The van der Waals surface area contributed by atoms with Crippen molar-refractivity contribution >= 4 is 31.1 Å². The minimum atomic E-state index is -1.63. The van der Waals surface area contributed by atoms with Gasteiger partial charge in [-0.25, -0.2) is 0 Å². The van der Waals surface area contributed by atoms with Crippen molar-refractivity contribution in [2.45, 2.75) is 13.8 Å². The first kappa shape index (κ1) is 11.7. The summed E-state index contributed by atoms with van der Waals surface area (Å²) >= 11 is 0. The second kappa shape index (κ2) is 7.96. The van der Waals surface area contributed by atoms with E-state index in [1.165, 1.54) is 0 Å². The predicted octanol–water partition coefficient (Wildman–Crippen LogP) is 0.601. The number of rotatable bonds is 3. The lowest BCUT2D eigenvalue weighted by molar-refractivity contribution is 0.351. The molecule has 0 radical (unpaired) electrons. The molecule has 48 valence electrons. The normalized spacial score (nSPS) is 12.2. The van der Waals surface area contributed by atoms with Gasteiger partial charge in [0.25, 0.3) is 0 Å². The Kier molecular flexibility index (Phi) is 11.7. The van der Waals surface area contributed by atoms with E-state index >= 15 is 0 Å². The van der Waals surface area contributed by atoms with Gasteiger partial charge in [0, 0.05) is 6.16 Å². The monoisotopic (exact) mass is 148 g/mol. The average molecular weight is 148 g/mol. The zero-order valence-electron chi connectivity index (χ0n) is 4.73. The van der Waals surface area contributed by atoms with Crippen LogP contribution >= 0.6 is 8.03 Å². The van der Waals surface area contributed by atoms with Crippen molar-refractivity contribution in [1.29, 1.82) is 0 Å². The summed E-state index contributed by atoms with van der Waals surface area (Å²) < 4.78 is 15.1. The Hall–Kier alpha value is 0.956. The van der Waals surface area contributed by atoms with E-state index in [2.05, 4.69) is 0 Å². The zero-order chi connectivity index (χ0) is 5.70. The van der Waals surface area contributed by atoms with E-state index < -0.39 is 8.03 Å². The molecule has 8 heavy (non-hydrogen) atoms. The summed E-state index contributed by atoms with van der Waals surface area (Å²) in [5, 5.41) is 0. The molecule has 0 aromatic carbocycles. The Labute approximate surface area is 67.0 Å². The molecule has 0 aliphatic carbocycles. The predicted molar refractivity (Wildman–Crippen MR) is 39.7 cm³/mol. The molecular formula is C4H13MgO2P. The van der Waals surface area contributed by atoms with Crippen LogP contribution in [0, 0.1) is 0 Å². The zero-order valence-corrected chi connectivity index (χ0v) is 5.73. The van der Waals surface area contributed by atoms with Crippen molar-refractivity contribution in [1.82, 2.24) is 0 Å². The maximum atomic E-state index is 10.4. The molecule has 0 amide bonds. The highest BCUT2D eigenvalue weighted by Gasteiger charge is 1.87. The Bertz CT molecular complexity index is 67.1. The molecule has 0 saturated carbocycles. The topological polar surface area (TPSA) is 26.3 Å². The third kappa shape index (κ3) is 6.96. The lowest BCUT2D eigenvalue weighted by atomic mass is 10.9. The second-order valence-corrected chi connectivity index (χ2v) is 2.90. The van der Waals surface area contributed by atoms with E-state index in [1.807, 2.05) is 13.8 Å². The van der Waals surface area contributed by atoms with Gasteiger partial charge in [-0.05, 0) is 6.92 Å². The molecule has 2 nitrogen and oxygen atoms in total. The Morgan fingerprint density at radius 2 is 2.00 bits per heavy atom. The van der Waals surface area contributed by atoms with Crippen molar-refractivity contribution in [2.75, 3.05) is 12.8 Å². The standard InChI is InChI=1S/C4H11O2P.Mg.2H/c1-3-6-7(5)4-2;;;/h7H,3-4H2,1-2H3;;;. The van der Waals surface area contributed by atoms with Crippen molar-refractivity contribution in [3.8, 4) is 0 Å². The molecule has 0 aliphatic rings. The molecular weight excluding hydrogens is 135 g/mol. The van der Waals surface area contributed by atoms with Crippen molar-refractivity contribution < 1.29 is 9.09 Å². The van der Waals surface area contributed by atoms with Crippen LogP contribution in [-0.2, 0) is 9.09 Å². The fourth-order valence-corrected chi connectivity index (χ4v) is 0.789. The second-order valence-electron chi connectivity index (χ2n) is 1.16. The molecule has 0 fully saturated rings. The highest BCUT2D eigenvalue weighted by Crippen LogP contribution is 2.19. The summed E-state index contributed by atoms with van der Waals surface area (Å²) in [4.78, 5) is 0. The van der Waals surface area contributed by atoms with Crippen LogP contribution in [0.4, 0.5) is 0 Å². The largest absolute Gasteiger partial charge is 0.331 e. The van der Waals surface area contributed by atoms with Crippen molar-refractivity contribution in [2.24, 2.45) is 0 Å². The van der Waals surface area contributed by atoms with Gasteiger partial charge in [-0.3, -0.25) is 4.57 Å². The molecule has 0 aliphatic heterocycles. The fraction of sp³-hybridized carbons (Fsp3) is 1.00. The SMILES string of the molecule is CCO[PH](=O)CC.[MgH2]. The van der Waals surface area contributed by atoms with Gasteiger partial charge < -0.3 is 4.52 Å². The molecule has 0 rings (SSSR count). The first-order chi connectivity index (χ1) is 3.31. The quantitative estimate of drug-likeness (QED) is 0.433. The van der Waals surface area contributed by atoms with E-state index in [9.17, 15) is 4.57 Å². The van der Waals surface area contributed by atoms with Gasteiger partial charge in [-0.2, -0.15) is 0 Å². The average Bonchev–Trinajstić information content (AvgIpc) is 1.68. The lowest BCUT2D eigenvalue weighted by Gasteiger charge is -1.93. The minimum absolute atomic E-state index is 0. The third-order valence-corrected chi connectivity index (χ3v) is 1.78. The third-order valence-electron chi connectivity index (χ3n) is 0.594. The highest BCUT2D eigenvalue weighted by atomic mass is 31.1. The van der Waals surface area contributed by atoms with Gasteiger partial charge >= 0.3 is 23.1 Å². The first-order valence-electron chi connectivity index (χ1n) is 2.46.